The van der Waals surface area contributed by atoms with Crippen LogP contribution in [0.5, 0.6) is 0 Å². The van der Waals surface area contributed by atoms with Gasteiger partial charge >= 0.3 is 0 Å². The molecule has 0 amide bonds. The lowest BCUT2D eigenvalue weighted by molar-refractivity contribution is 0.250. The van der Waals surface area contributed by atoms with E-state index in [4.69, 9.17) is 0 Å². The Bertz CT molecular complexity index is 616. The summed E-state index contributed by atoms with van der Waals surface area (Å²) < 4.78 is 0. The van der Waals surface area contributed by atoms with Crippen molar-refractivity contribution in [2.45, 2.75) is 27.3 Å². The van der Waals surface area contributed by atoms with Gasteiger partial charge in [0.2, 0.25) is 0 Å². The van der Waals surface area contributed by atoms with Gasteiger partial charge in [0.25, 0.3) is 0 Å². The molecule has 0 radical (unpaired) electrons. The molecule has 1 aliphatic rings. The van der Waals surface area contributed by atoms with Crippen LogP contribution in [0, 0.1) is 20.8 Å². The molecule has 0 unspecified atom stereocenters. The van der Waals surface area contributed by atoms with Crippen LogP contribution in [0.1, 0.15) is 21.1 Å². The smallest absolute Gasteiger partial charge is 0.134 e. The Balaban J connectivity index is 1.60. The molecule has 3 rings (SSSR count). The molecule has 2 aromatic rings. The van der Waals surface area contributed by atoms with Gasteiger partial charge in [-0.25, -0.2) is 15.0 Å². The predicted molar refractivity (Wildman–Crippen MR) is 85.8 cm³/mol. The van der Waals surface area contributed by atoms with E-state index in [0.717, 1.165) is 49.1 Å². The molecule has 0 aliphatic carbocycles. The first-order valence-corrected chi connectivity index (χ1v) is 8.12. The summed E-state index contributed by atoms with van der Waals surface area (Å²) in [5.41, 5.74) is 2.34. The van der Waals surface area contributed by atoms with Gasteiger partial charge in [0, 0.05) is 49.4 Å². The van der Waals surface area contributed by atoms with Gasteiger partial charge in [-0.1, -0.05) is 0 Å². The number of nitrogens with zero attached hydrogens (tertiary/aromatic N) is 5. The zero-order chi connectivity index (χ0) is 14.8. The Hall–Kier alpha value is -1.53. The van der Waals surface area contributed by atoms with Crippen molar-refractivity contribution in [1.82, 2.24) is 19.9 Å². The van der Waals surface area contributed by atoms with E-state index < -0.39 is 0 Å². The number of rotatable bonds is 3. The zero-order valence-corrected chi connectivity index (χ0v) is 13.7. The summed E-state index contributed by atoms with van der Waals surface area (Å²) in [7, 11) is 0. The fourth-order valence-electron chi connectivity index (χ4n) is 2.76. The number of hydrogen-bond acceptors (Lipinski definition) is 6. The quantitative estimate of drug-likeness (QED) is 0.869. The normalized spacial score (nSPS) is 16.4. The highest BCUT2D eigenvalue weighted by molar-refractivity contribution is 7.11. The average Bonchev–Trinajstić information content (AvgIpc) is 2.78. The molecule has 0 N–H and O–H groups in total. The predicted octanol–water partition coefficient (Wildman–Crippen LogP) is 2.18. The molecule has 0 bridgehead atoms. The molecule has 2 aromatic heterocycles. The number of aromatic nitrogens is 3. The van der Waals surface area contributed by atoms with Crippen LogP contribution >= 0.6 is 11.3 Å². The molecule has 1 fully saturated rings. The molecule has 0 atom stereocenters. The third kappa shape index (κ3) is 3.22. The summed E-state index contributed by atoms with van der Waals surface area (Å²) in [6.45, 7) is 11.5. The SMILES string of the molecule is Cc1nc(C)c(CN2CCN(c3ncncc3C)CC2)s1. The van der Waals surface area contributed by atoms with E-state index in [-0.39, 0.29) is 0 Å². The van der Waals surface area contributed by atoms with Crippen molar-refractivity contribution in [1.29, 1.82) is 0 Å². The number of anilines is 1. The van der Waals surface area contributed by atoms with Crippen LogP contribution in [-0.2, 0) is 6.54 Å². The van der Waals surface area contributed by atoms with Crippen LogP contribution in [0.3, 0.4) is 0 Å². The van der Waals surface area contributed by atoms with E-state index >= 15 is 0 Å². The summed E-state index contributed by atoms with van der Waals surface area (Å²) in [5, 5.41) is 1.16. The van der Waals surface area contributed by atoms with Gasteiger partial charge in [0.15, 0.2) is 0 Å². The number of piperazine rings is 1. The highest BCUT2D eigenvalue weighted by atomic mass is 32.1. The first-order valence-electron chi connectivity index (χ1n) is 7.30. The third-order valence-corrected chi connectivity index (χ3v) is 4.96. The molecule has 0 aromatic carbocycles. The minimum Gasteiger partial charge on any atom is -0.354 e. The fraction of sp³-hybridized carbons (Fsp3) is 0.533. The second-order valence-corrected chi connectivity index (χ2v) is 6.82. The van der Waals surface area contributed by atoms with Crippen molar-refractivity contribution >= 4 is 17.2 Å². The van der Waals surface area contributed by atoms with Crippen molar-refractivity contribution < 1.29 is 0 Å². The van der Waals surface area contributed by atoms with E-state index in [9.17, 15) is 0 Å². The van der Waals surface area contributed by atoms with Crippen LogP contribution in [-0.4, -0.2) is 46.0 Å². The third-order valence-electron chi connectivity index (χ3n) is 3.91. The van der Waals surface area contributed by atoms with Crippen LogP contribution in [0.2, 0.25) is 0 Å². The van der Waals surface area contributed by atoms with E-state index in [2.05, 4.69) is 45.5 Å². The van der Waals surface area contributed by atoms with Gasteiger partial charge in [-0.05, 0) is 20.8 Å². The highest BCUT2D eigenvalue weighted by Gasteiger charge is 2.20. The van der Waals surface area contributed by atoms with Crippen molar-refractivity contribution in [3.63, 3.8) is 0 Å². The van der Waals surface area contributed by atoms with E-state index in [0.29, 0.717) is 0 Å². The minimum absolute atomic E-state index is 1.02. The molecule has 21 heavy (non-hydrogen) atoms. The van der Waals surface area contributed by atoms with Gasteiger partial charge in [-0.2, -0.15) is 0 Å². The van der Waals surface area contributed by atoms with Crippen LogP contribution in [0.4, 0.5) is 5.82 Å². The van der Waals surface area contributed by atoms with Gasteiger partial charge in [0.05, 0.1) is 10.7 Å². The minimum atomic E-state index is 1.02. The summed E-state index contributed by atoms with van der Waals surface area (Å²) >= 11 is 1.82. The molecule has 6 heteroatoms. The maximum atomic E-state index is 4.52. The molecule has 112 valence electrons. The highest BCUT2D eigenvalue weighted by Crippen LogP contribution is 2.21. The molecule has 5 nitrogen and oxygen atoms in total. The molecule has 0 saturated carbocycles. The Labute approximate surface area is 129 Å². The van der Waals surface area contributed by atoms with Gasteiger partial charge < -0.3 is 4.90 Å². The Kier molecular flexibility index (Phi) is 4.17. The van der Waals surface area contributed by atoms with Gasteiger partial charge in [0.1, 0.15) is 12.1 Å². The van der Waals surface area contributed by atoms with Crippen molar-refractivity contribution in [2.75, 3.05) is 31.1 Å². The largest absolute Gasteiger partial charge is 0.354 e. The summed E-state index contributed by atoms with van der Waals surface area (Å²) in [5.74, 6) is 1.08. The topological polar surface area (TPSA) is 45.2 Å². The van der Waals surface area contributed by atoms with Crippen molar-refractivity contribution in [2.24, 2.45) is 0 Å². The first-order chi connectivity index (χ1) is 10.1. The Morgan fingerprint density at radius 2 is 1.90 bits per heavy atom. The second kappa shape index (κ2) is 6.07. The molecular weight excluding hydrogens is 282 g/mol. The molecule has 0 spiro atoms. The maximum absolute atomic E-state index is 4.52. The summed E-state index contributed by atoms with van der Waals surface area (Å²) in [6, 6.07) is 0. The monoisotopic (exact) mass is 303 g/mol. The number of thiazole rings is 1. The van der Waals surface area contributed by atoms with E-state index in [1.165, 1.54) is 10.6 Å². The number of aryl methyl sites for hydroxylation is 3. The van der Waals surface area contributed by atoms with Crippen molar-refractivity contribution in [3.8, 4) is 0 Å². The summed E-state index contributed by atoms with van der Waals surface area (Å²) in [4.78, 5) is 19.3. The maximum Gasteiger partial charge on any atom is 0.134 e. The number of hydrogen-bond donors (Lipinski definition) is 0. The fourth-order valence-corrected chi connectivity index (χ4v) is 3.74. The lowest BCUT2D eigenvalue weighted by Crippen LogP contribution is -2.46. The van der Waals surface area contributed by atoms with Crippen LogP contribution < -0.4 is 4.90 Å². The molecule has 1 aliphatic heterocycles. The lowest BCUT2D eigenvalue weighted by atomic mass is 10.2. The first kappa shape index (κ1) is 14.4. The van der Waals surface area contributed by atoms with Crippen LogP contribution in [0.25, 0.3) is 0 Å². The molecule has 3 heterocycles. The second-order valence-electron chi connectivity index (χ2n) is 5.53. The summed E-state index contributed by atoms with van der Waals surface area (Å²) in [6.07, 6.45) is 3.52. The molecule has 1 saturated heterocycles. The van der Waals surface area contributed by atoms with Gasteiger partial charge in [-0.15, -0.1) is 11.3 Å². The van der Waals surface area contributed by atoms with Crippen LogP contribution in [0.15, 0.2) is 12.5 Å². The van der Waals surface area contributed by atoms with E-state index in [1.807, 2.05) is 17.5 Å². The lowest BCUT2D eigenvalue weighted by Gasteiger charge is -2.35. The zero-order valence-electron chi connectivity index (χ0n) is 12.8. The van der Waals surface area contributed by atoms with Crippen molar-refractivity contribution in [3.05, 3.63) is 33.7 Å². The molecular formula is C15H21N5S. The standard InChI is InChI=1S/C15H21N5S/c1-11-8-16-10-17-15(11)20-6-4-19(5-7-20)9-14-12(2)18-13(3)21-14/h8,10H,4-7,9H2,1-3H3. The Morgan fingerprint density at radius 1 is 1.14 bits per heavy atom. The Morgan fingerprint density at radius 3 is 2.52 bits per heavy atom. The van der Waals surface area contributed by atoms with E-state index in [1.54, 1.807) is 6.33 Å². The van der Waals surface area contributed by atoms with Gasteiger partial charge in [-0.3, -0.25) is 4.90 Å². The average molecular weight is 303 g/mol.